The molecule has 0 aromatic carbocycles. The number of hydrogen-bond acceptors (Lipinski definition) is 4. The first kappa shape index (κ1) is 13.3. The molecule has 2 unspecified atom stereocenters. The van der Waals surface area contributed by atoms with Crippen LogP contribution in [0.1, 0.15) is 37.9 Å². The van der Waals surface area contributed by atoms with Crippen LogP contribution in [0, 0.1) is 0 Å². The second-order valence-corrected chi connectivity index (χ2v) is 4.93. The minimum absolute atomic E-state index is 0.195. The van der Waals surface area contributed by atoms with E-state index in [2.05, 4.69) is 34.3 Å². The van der Waals surface area contributed by atoms with Crippen LogP contribution in [0.15, 0.2) is 18.3 Å². The van der Waals surface area contributed by atoms with E-state index in [1.807, 2.05) is 13.2 Å². The zero-order chi connectivity index (χ0) is 13.0. The second-order valence-electron chi connectivity index (χ2n) is 4.93. The van der Waals surface area contributed by atoms with E-state index in [0.717, 1.165) is 43.7 Å². The van der Waals surface area contributed by atoms with Gasteiger partial charge in [0.05, 0.1) is 23.7 Å². The Hall–Kier alpha value is -1.13. The molecule has 100 valence electrons. The van der Waals surface area contributed by atoms with Gasteiger partial charge in [0.2, 0.25) is 0 Å². The molecule has 0 amide bonds. The van der Waals surface area contributed by atoms with Crippen molar-refractivity contribution in [1.29, 1.82) is 0 Å². The van der Waals surface area contributed by atoms with Gasteiger partial charge in [0.1, 0.15) is 0 Å². The molecule has 2 N–H and O–H groups in total. The number of anilines is 1. The highest BCUT2D eigenvalue weighted by Crippen LogP contribution is 2.21. The standard InChI is InChI=1S/C14H23N3O/c1-3-13(15-2)14-7-6-11(9-16-14)17-8-4-5-12(18)10-17/h6-7,9,12-13,15,18H,3-5,8,10H2,1-2H3. The smallest absolute Gasteiger partial charge is 0.0715 e. The number of nitrogens with zero attached hydrogens (tertiary/aromatic N) is 2. The summed E-state index contributed by atoms with van der Waals surface area (Å²) in [6.45, 7) is 3.89. The Morgan fingerprint density at radius 1 is 1.56 bits per heavy atom. The minimum atomic E-state index is -0.195. The lowest BCUT2D eigenvalue weighted by atomic mass is 10.1. The maximum absolute atomic E-state index is 9.69. The largest absolute Gasteiger partial charge is 0.391 e. The number of aliphatic hydroxyl groups is 1. The third-order valence-corrected chi connectivity index (χ3v) is 3.65. The van der Waals surface area contributed by atoms with Crippen molar-refractivity contribution < 1.29 is 5.11 Å². The maximum Gasteiger partial charge on any atom is 0.0715 e. The van der Waals surface area contributed by atoms with Gasteiger partial charge in [0.25, 0.3) is 0 Å². The van der Waals surface area contributed by atoms with Crippen LogP contribution >= 0.6 is 0 Å². The average Bonchev–Trinajstić information content (AvgIpc) is 2.41. The number of β-amino-alcohol motifs (C(OH)–C–C–N with tert-alkyl or cyclic N) is 1. The molecule has 0 bridgehead atoms. The van der Waals surface area contributed by atoms with Crippen LogP contribution in [0.2, 0.25) is 0 Å². The molecule has 4 nitrogen and oxygen atoms in total. The fourth-order valence-electron chi connectivity index (χ4n) is 2.54. The molecule has 18 heavy (non-hydrogen) atoms. The highest BCUT2D eigenvalue weighted by molar-refractivity contribution is 5.45. The summed E-state index contributed by atoms with van der Waals surface area (Å²) in [7, 11) is 1.96. The highest BCUT2D eigenvalue weighted by atomic mass is 16.3. The molecule has 4 heteroatoms. The SMILES string of the molecule is CCC(NC)c1ccc(N2CCCC(O)C2)cn1. The number of aliphatic hydroxyl groups excluding tert-OH is 1. The van der Waals surface area contributed by atoms with Crippen molar-refractivity contribution in [2.75, 3.05) is 25.0 Å². The van der Waals surface area contributed by atoms with Crippen LogP contribution < -0.4 is 10.2 Å². The first-order valence-electron chi connectivity index (χ1n) is 6.80. The molecule has 1 aromatic rings. The van der Waals surface area contributed by atoms with Gasteiger partial charge < -0.3 is 15.3 Å². The number of hydrogen-bond donors (Lipinski definition) is 2. The van der Waals surface area contributed by atoms with Crippen molar-refractivity contribution in [1.82, 2.24) is 10.3 Å². The number of pyridine rings is 1. The van der Waals surface area contributed by atoms with Gasteiger partial charge in [-0.1, -0.05) is 6.92 Å². The molecule has 1 saturated heterocycles. The van der Waals surface area contributed by atoms with Crippen LogP contribution in [0.5, 0.6) is 0 Å². The van der Waals surface area contributed by atoms with Crippen molar-refractivity contribution in [2.24, 2.45) is 0 Å². The van der Waals surface area contributed by atoms with Crippen molar-refractivity contribution >= 4 is 5.69 Å². The summed E-state index contributed by atoms with van der Waals surface area (Å²) in [5, 5.41) is 12.9. The third kappa shape index (κ3) is 3.00. The van der Waals surface area contributed by atoms with Crippen LogP contribution in [-0.4, -0.2) is 36.3 Å². The van der Waals surface area contributed by atoms with E-state index in [1.165, 1.54) is 0 Å². The lowest BCUT2D eigenvalue weighted by Gasteiger charge is -2.31. The fourth-order valence-corrected chi connectivity index (χ4v) is 2.54. The van der Waals surface area contributed by atoms with E-state index in [-0.39, 0.29) is 6.10 Å². The van der Waals surface area contributed by atoms with Gasteiger partial charge in [-0.2, -0.15) is 0 Å². The Labute approximate surface area is 109 Å². The first-order chi connectivity index (χ1) is 8.74. The quantitative estimate of drug-likeness (QED) is 0.853. The summed E-state index contributed by atoms with van der Waals surface area (Å²) in [6.07, 6.45) is 4.73. The Balaban J connectivity index is 2.07. The minimum Gasteiger partial charge on any atom is -0.391 e. The summed E-state index contributed by atoms with van der Waals surface area (Å²) in [4.78, 5) is 6.75. The van der Waals surface area contributed by atoms with E-state index in [1.54, 1.807) is 0 Å². The summed E-state index contributed by atoms with van der Waals surface area (Å²) < 4.78 is 0. The Morgan fingerprint density at radius 3 is 2.94 bits per heavy atom. The summed E-state index contributed by atoms with van der Waals surface area (Å²) >= 11 is 0. The summed E-state index contributed by atoms with van der Waals surface area (Å²) in [5.74, 6) is 0. The van der Waals surface area contributed by atoms with E-state index in [9.17, 15) is 5.11 Å². The topological polar surface area (TPSA) is 48.4 Å². The van der Waals surface area contributed by atoms with E-state index >= 15 is 0 Å². The Kier molecular flexibility index (Phi) is 4.55. The number of nitrogens with one attached hydrogen (secondary N) is 1. The number of piperidine rings is 1. The molecule has 1 aliphatic rings. The van der Waals surface area contributed by atoms with E-state index < -0.39 is 0 Å². The molecule has 0 radical (unpaired) electrons. The number of aromatic nitrogens is 1. The predicted molar refractivity (Wildman–Crippen MR) is 73.8 cm³/mol. The van der Waals surface area contributed by atoms with Gasteiger partial charge in [-0.3, -0.25) is 4.98 Å². The van der Waals surface area contributed by atoms with Crippen LogP contribution in [0.3, 0.4) is 0 Å². The molecular formula is C14H23N3O. The Morgan fingerprint density at radius 2 is 2.39 bits per heavy atom. The molecular weight excluding hydrogens is 226 g/mol. The van der Waals surface area contributed by atoms with Crippen LogP contribution in [0.25, 0.3) is 0 Å². The molecule has 1 aromatic heterocycles. The molecule has 0 saturated carbocycles. The van der Waals surface area contributed by atoms with Gasteiger partial charge in [-0.05, 0) is 38.4 Å². The zero-order valence-corrected chi connectivity index (χ0v) is 11.3. The highest BCUT2D eigenvalue weighted by Gasteiger charge is 2.18. The van der Waals surface area contributed by atoms with E-state index in [4.69, 9.17) is 0 Å². The Bertz CT molecular complexity index is 362. The number of rotatable bonds is 4. The van der Waals surface area contributed by atoms with Gasteiger partial charge in [-0.15, -0.1) is 0 Å². The summed E-state index contributed by atoms with van der Waals surface area (Å²) in [6, 6.07) is 4.52. The van der Waals surface area contributed by atoms with E-state index in [0.29, 0.717) is 6.04 Å². The van der Waals surface area contributed by atoms with Gasteiger partial charge in [0, 0.05) is 19.1 Å². The molecule has 2 rings (SSSR count). The third-order valence-electron chi connectivity index (χ3n) is 3.65. The van der Waals surface area contributed by atoms with Gasteiger partial charge >= 0.3 is 0 Å². The zero-order valence-electron chi connectivity index (χ0n) is 11.3. The van der Waals surface area contributed by atoms with Crippen molar-refractivity contribution in [3.63, 3.8) is 0 Å². The molecule has 0 aliphatic carbocycles. The average molecular weight is 249 g/mol. The molecule has 2 heterocycles. The maximum atomic E-state index is 9.69. The van der Waals surface area contributed by atoms with Gasteiger partial charge in [-0.25, -0.2) is 0 Å². The first-order valence-corrected chi connectivity index (χ1v) is 6.80. The predicted octanol–water partition coefficient (Wildman–Crippen LogP) is 1.71. The van der Waals surface area contributed by atoms with Crippen LogP contribution in [0.4, 0.5) is 5.69 Å². The molecule has 0 spiro atoms. The normalized spacial score (nSPS) is 21.9. The summed E-state index contributed by atoms with van der Waals surface area (Å²) in [5.41, 5.74) is 2.20. The van der Waals surface area contributed by atoms with Crippen molar-refractivity contribution in [2.45, 2.75) is 38.3 Å². The fraction of sp³-hybridized carbons (Fsp3) is 0.643. The lowest BCUT2D eigenvalue weighted by molar-refractivity contribution is 0.154. The second kappa shape index (κ2) is 6.16. The van der Waals surface area contributed by atoms with Crippen molar-refractivity contribution in [3.8, 4) is 0 Å². The monoisotopic (exact) mass is 249 g/mol. The van der Waals surface area contributed by atoms with Crippen LogP contribution in [-0.2, 0) is 0 Å². The lowest BCUT2D eigenvalue weighted by Crippen LogP contribution is -2.38. The van der Waals surface area contributed by atoms with Gasteiger partial charge in [0.15, 0.2) is 0 Å². The molecule has 1 fully saturated rings. The van der Waals surface area contributed by atoms with Crippen molar-refractivity contribution in [3.05, 3.63) is 24.0 Å². The molecule has 1 aliphatic heterocycles. The molecule has 2 atom stereocenters.